The summed E-state index contributed by atoms with van der Waals surface area (Å²) in [6, 6.07) is 0.398. The van der Waals surface area contributed by atoms with Crippen LogP contribution in [0.3, 0.4) is 0 Å². The number of amides is 1. The molecule has 0 unspecified atom stereocenters. The van der Waals surface area contributed by atoms with E-state index in [2.05, 4.69) is 5.32 Å². The normalized spacial score (nSPS) is 17.4. The maximum atomic E-state index is 11.9. The molecule has 0 aromatic carbocycles. The zero-order valence-electron chi connectivity index (χ0n) is 11.9. The number of nitrogens with zero attached hydrogens (tertiary/aromatic N) is 1. The molecule has 19 heavy (non-hydrogen) atoms. The minimum absolute atomic E-state index is 0.177. The Balaban J connectivity index is 2.25. The molecule has 1 amide bonds. The lowest BCUT2D eigenvalue weighted by molar-refractivity contribution is -0.109. The van der Waals surface area contributed by atoms with Gasteiger partial charge >= 0.3 is 6.09 Å². The molecule has 0 bridgehead atoms. The molecule has 1 rings (SSSR count). The van der Waals surface area contributed by atoms with Gasteiger partial charge in [0.2, 0.25) is 0 Å². The van der Waals surface area contributed by atoms with Crippen LogP contribution in [0.15, 0.2) is 0 Å². The second-order valence-corrected chi connectivity index (χ2v) is 7.00. The van der Waals surface area contributed by atoms with Gasteiger partial charge in [0.15, 0.2) is 3.79 Å². The number of rotatable bonds is 4. The van der Waals surface area contributed by atoms with E-state index < -0.39 is 5.60 Å². The quantitative estimate of drug-likeness (QED) is 0.599. The molecule has 0 spiro atoms. The summed E-state index contributed by atoms with van der Waals surface area (Å²) < 4.78 is 5.52. The molecule has 6 heteroatoms. The smallest absolute Gasteiger partial charge is 0.410 e. The Morgan fingerprint density at radius 2 is 1.89 bits per heavy atom. The molecule has 1 heterocycles. The molecular weight excluding hydrogens is 359 g/mol. The first kappa shape index (κ1) is 16.7. The molecule has 5 nitrogen and oxygen atoms in total. The zero-order chi connectivity index (χ0) is 14.5. The molecule has 0 radical (unpaired) electrons. The lowest BCUT2D eigenvalue weighted by Crippen LogP contribution is -2.46. The van der Waals surface area contributed by atoms with E-state index in [9.17, 15) is 9.59 Å². The highest BCUT2D eigenvalue weighted by Gasteiger charge is 2.26. The fourth-order valence-electron chi connectivity index (χ4n) is 1.97. The summed E-state index contributed by atoms with van der Waals surface area (Å²) >= 11 is 1.81. The van der Waals surface area contributed by atoms with Gasteiger partial charge in [0.1, 0.15) is 5.60 Å². The molecule has 110 valence electrons. The summed E-state index contributed by atoms with van der Waals surface area (Å²) in [6.45, 7) is 7.77. The molecule has 0 atom stereocenters. The Morgan fingerprint density at radius 1 is 1.32 bits per heavy atom. The van der Waals surface area contributed by atoms with Crippen LogP contribution in [-0.4, -0.2) is 46.1 Å². The van der Waals surface area contributed by atoms with Crippen molar-refractivity contribution in [2.45, 2.75) is 51.7 Å². The van der Waals surface area contributed by atoms with E-state index in [1.54, 1.807) is 4.90 Å². The van der Waals surface area contributed by atoms with Crippen LogP contribution < -0.4 is 5.32 Å². The highest BCUT2D eigenvalue weighted by molar-refractivity contribution is 14.1. The van der Waals surface area contributed by atoms with Crippen LogP contribution in [0.4, 0.5) is 4.79 Å². The van der Waals surface area contributed by atoms with Gasteiger partial charge in [-0.1, -0.05) is 0 Å². The van der Waals surface area contributed by atoms with E-state index in [1.807, 2.05) is 43.4 Å². The number of hydrogen-bond donors (Lipinski definition) is 1. The van der Waals surface area contributed by atoms with Crippen molar-refractivity contribution >= 4 is 32.5 Å². The summed E-state index contributed by atoms with van der Waals surface area (Å²) in [7, 11) is 0. The highest BCUT2D eigenvalue weighted by atomic mass is 127. The SMILES string of the molecule is CC(C)(C)OC(=O)N1CCC(NCCC(=O)I)CC1. The molecule has 1 N–H and O–H groups in total. The van der Waals surface area contributed by atoms with Crippen molar-refractivity contribution in [3.05, 3.63) is 0 Å². The first-order chi connectivity index (χ1) is 8.78. The van der Waals surface area contributed by atoms with E-state index in [4.69, 9.17) is 4.74 Å². The van der Waals surface area contributed by atoms with Gasteiger partial charge in [0.05, 0.1) is 0 Å². The first-order valence-corrected chi connectivity index (χ1v) is 7.75. The number of carbonyl (C=O) groups excluding carboxylic acids is 2. The maximum absolute atomic E-state index is 11.9. The fraction of sp³-hybridized carbons (Fsp3) is 0.846. The number of piperidine rings is 1. The zero-order valence-corrected chi connectivity index (χ0v) is 14.0. The Bertz CT molecular complexity index is 320. The lowest BCUT2D eigenvalue weighted by atomic mass is 10.1. The lowest BCUT2D eigenvalue weighted by Gasteiger charge is -2.33. The number of carbonyl (C=O) groups is 2. The van der Waals surface area contributed by atoms with Crippen LogP contribution in [0.2, 0.25) is 0 Å². The van der Waals surface area contributed by atoms with Gasteiger partial charge in [0, 0.05) is 32.1 Å². The Hall–Kier alpha value is -0.370. The van der Waals surface area contributed by atoms with Gasteiger partial charge in [-0.05, 0) is 56.2 Å². The summed E-state index contributed by atoms with van der Waals surface area (Å²) in [4.78, 5) is 24.5. The molecule has 0 aromatic heterocycles. The maximum Gasteiger partial charge on any atom is 0.410 e. The van der Waals surface area contributed by atoms with Gasteiger partial charge in [0.25, 0.3) is 0 Å². The molecule has 1 fully saturated rings. The van der Waals surface area contributed by atoms with E-state index in [0.29, 0.717) is 25.6 Å². The monoisotopic (exact) mass is 382 g/mol. The van der Waals surface area contributed by atoms with Crippen molar-refractivity contribution in [3.63, 3.8) is 0 Å². The van der Waals surface area contributed by atoms with Crippen LogP contribution in [0, 0.1) is 0 Å². The standard InChI is InChI=1S/C13H23IN2O3/c1-13(2,3)19-12(18)16-8-5-10(6-9-16)15-7-4-11(14)17/h10,15H,4-9H2,1-3H3. The van der Waals surface area contributed by atoms with Crippen LogP contribution in [-0.2, 0) is 9.53 Å². The number of likely N-dealkylation sites (tertiary alicyclic amines) is 1. The van der Waals surface area contributed by atoms with Gasteiger partial charge in [-0.3, -0.25) is 4.79 Å². The van der Waals surface area contributed by atoms with Crippen molar-refractivity contribution in [2.75, 3.05) is 19.6 Å². The average Bonchev–Trinajstić information content (AvgIpc) is 2.27. The summed E-state index contributed by atoms with van der Waals surface area (Å²) in [5, 5.41) is 3.36. The number of halogens is 1. The predicted octanol–water partition coefficient (Wildman–Crippen LogP) is 2.33. The van der Waals surface area contributed by atoms with E-state index in [-0.39, 0.29) is 9.88 Å². The largest absolute Gasteiger partial charge is 0.444 e. The Morgan fingerprint density at radius 3 is 2.37 bits per heavy atom. The Kier molecular flexibility index (Phi) is 6.52. The molecule has 0 aliphatic carbocycles. The topological polar surface area (TPSA) is 58.6 Å². The van der Waals surface area contributed by atoms with Crippen molar-refractivity contribution < 1.29 is 14.3 Å². The van der Waals surface area contributed by atoms with E-state index in [0.717, 1.165) is 19.4 Å². The van der Waals surface area contributed by atoms with Gasteiger partial charge in [-0.2, -0.15) is 0 Å². The van der Waals surface area contributed by atoms with Gasteiger partial charge < -0.3 is 15.0 Å². The van der Waals surface area contributed by atoms with Gasteiger partial charge in [-0.15, -0.1) is 0 Å². The minimum atomic E-state index is -0.438. The molecular formula is C13H23IN2O3. The van der Waals surface area contributed by atoms with E-state index in [1.165, 1.54) is 0 Å². The molecule has 1 aliphatic heterocycles. The Labute approximate surface area is 128 Å². The molecule has 0 aromatic rings. The third kappa shape index (κ3) is 7.10. The summed E-state index contributed by atoms with van der Waals surface area (Å²) in [5.41, 5.74) is -0.438. The fourth-order valence-corrected chi connectivity index (χ4v) is 2.24. The third-order valence-corrected chi connectivity index (χ3v) is 3.44. The van der Waals surface area contributed by atoms with Crippen LogP contribution in [0.5, 0.6) is 0 Å². The second-order valence-electron chi connectivity index (χ2n) is 5.80. The van der Waals surface area contributed by atoms with Crippen molar-refractivity contribution in [1.82, 2.24) is 10.2 Å². The first-order valence-electron chi connectivity index (χ1n) is 6.67. The summed E-state index contributed by atoms with van der Waals surface area (Å²) in [6.07, 6.45) is 2.16. The minimum Gasteiger partial charge on any atom is -0.444 e. The van der Waals surface area contributed by atoms with Crippen LogP contribution >= 0.6 is 22.6 Å². The van der Waals surface area contributed by atoms with Crippen molar-refractivity contribution in [3.8, 4) is 0 Å². The summed E-state index contributed by atoms with van der Waals surface area (Å²) in [5.74, 6) is 0. The molecule has 0 saturated carbocycles. The average molecular weight is 382 g/mol. The van der Waals surface area contributed by atoms with Crippen LogP contribution in [0.25, 0.3) is 0 Å². The van der Waals surface area contributed by atoms with Gasteiger partial charge in [-0.25, -0.2) is 4.79 Å². The second kappa shape index (κ2) is 7.42. The number of hydrogen-bond acceptors (Lipinski definition) is 4. The molecule has 1 aliphatic rings. The van der Waals surface area contributed by atoms with E-state index >= 15 is 0 Å². The van der Waals surface area contributed by atoms with Crippen molar-refractivity contribution in [2.24, 2.45) is 0 Å². The van der Waals surface area contributed by atoms with Crippen molar-refractivity contribution in [1.29, 1.82) is 0 Å². The molecule has 1 saturated heterocycles. The number of ether oxygens (including phenoxy) is 1. The number of nitrogens with one attached hydrogen (secondary N) is 1. The highest BCUT2D eigenvalue weighted by Crippen LogP contribution is 2.15. The van der Waals surface area contributed by atoms with Crippen LogP contribution in [0.1, 0.15) is 40.0 Å². The third-order valence-electron chi connectivity index (χ3n) is 2.90. The predicted molar refractivity (Wildman–Crippen MR) is 82.5 cm³/mol.